The van der Waals surface area contributed by atoms with Crippen LogP contribution >= 0.6 is 0 Å². The minimum absolute atomic E-state index is 0.114. The number of rotatable bonds is 6. The van der Waals surface area contributed by atoms with E-state index < -0.39 is 0 Å². The molecule has 0 aliphatic carbocycles. The van der Waals surface area contributed by atoms with Gasteiger partial charge in [0.1, 0.15) is 0 Å². The van der Waals surface area contributed by atoms with Crippen LogP contribution in [0.2, 0.25) is 0 Å². The van der Waals surface area contributed by atoms with Crippen molar-refractivity contribution in [3.05, 3.63) is 0 Å². The van der Waals surface area contributed by atoms with Crippen LogP contribution in [0.5, 0.6) is 0 Å². The third-order valence-electron chi connectivity index (χ3n) is 3.75. The largest absolute Gasteiger partial charge is 0.354 e. The van der Waals surface area contributed by atoms with Crippen LogP contribution in [0.25, 0.3) is 0 Å². The topological polar surface area (TPSA) is 61.4 Å². The Balaban J connectivity index is 2.11. The molecule has 1 heterocycles. The molecule has 0 spiro atoms. The summed E-state index contributed by atoms with van der Waals surface area (Å²) < 4.78 is 0. The Morgan fingerprint density at radius 2 is 1.95 bits per heavy atom. The van der Waals surface area contributed by atoms with E-state index in [1.54, 1.807) is 6.92 Å². The highest BCUT2D eigenvalue weighted by Crippen LogP contribution is 2.10. The zero-order valence-electron chi connectivity index (χ0n) is 12.4. The summed E-state index contributed by atoms with van der Waals surface area (Å²) in [4.78, 5) is 24.7. The number of likely N-dealkylation sites (tertiary alicyclic amines) is 1. The van der Waals surface area contributed by atoms with Crippen molar-refractivity contribution in [2.75, 3.05) is 19.6 Å². The number of carbonyl (C=O) groups is 2. The molecule has 1 rings (SSSR count). The predicted molar refractivity (Wildman–Crippen MR) is 75.8 cm³/mol. The van der Waals surface area contributed by atoms with Crippen LogP contribution in [0, 0.1) is 0 Å². The highest BCUT2D eigenvalue weighted by Gasteiger charge is 2.20. The van der Waals surface area contributed by atoms with Gasteiger partial charge in [-0.25, -0.2) is 0 Å². The highest BCUT2D eigenvalue weighted by atomic mass is 16.2. The van der Waals surface area contributed by atoms with Gasteiger partial charge in [-0.05, 0) is 26.2 Å². The van der Waals surface area contributed by atoms with Gasteiger partial charge in [0, 0.05) is 45.1 Å². The normalized spacial score (nSPS) is 18.2. The van der Waals surface area contributed by atoms with Crippen LogP contribution in [0.15, 0.2) is 0 Å². The van der Waals surface area contributed by atoms with Crippen LogP contribution < -0.4 is 10.6 Å². The van der Waals surface area contributed by atoms with Gasteiger partial charge in [-0.3, -0.25) is 9.59 Å². The van der Waals surface area contributed by atoms with E-state index in [4.69, 9.17) is 0 Å². The first kappa shape index (κ1) is 16.0. The van der Waals surface area contributed by atoms with Gasteiger partial charge < -0.3 is 15.5 Å². The fraction of sp³-hybridized carbons (Fsp3) is 0.857. The summed E-state index contributed by atoms with van der Waals surface area (Å²) >= 11 is 0. The van der Waals surface area contributed by atoms with Gasteiger partial charge in [0.25, 0.3) is 0 Å². The second kappa shape index (κ2) is 8.15. The van der Waals surface area contributed by atoms with Crippen molar-refractivity contribution in [3.63, 3.8) is 0 Å². The SMILES string of the molecule is CCC(C)NC(=O)CCNC1CCN(C(C)=O)CC1. The van der Waals surface area contributed by atoms with E-state index in [1.165, 1.54) is 0 Å². The highest BCUT2D eigenvalue weighted by molar-refractivity contribution is 5.76. The molecule has 0 bridgehead atoms. The fourth-order valence-electron chi connectivity index (χ4n) is 2.24. The molecule has 1 fully saturated rings. The van der Waals surface area contributed by atoms with Crippen molar-refractivity contribution < 1.29 is 9.59 Å². The molecule has 0 saturated carbocycles. The molecule has 1 saturated heterocycles. The Bertz CT molecular complexity index is 299. The number of carbonyl (C=O) groups excluding carboxylic acids is 2. The number of nitrogens with zero attached hydrogens (tertiary/aromatic N) is 1. The van der Waals surface area contributed by atoms with E-state index in [0.717, 1.165) is 32.4 Å². The van der Waals surface area contributed by atoms with Crippen molar-refractivity contribution in [2.24, 2.45) is 0 Å². The molecular weight excluding hydrogens is 242 g/mol. The summed E-state index contributed by atoms with van der Waals surface area (Å²) in [5.41, 5.74) is 0. The van der Waals surface area contributed by atoms with Crippen molar-refractivity contribution in [3.8, 4) is 0 Å². The van der Waals surface area contributed by atoms with Crippen LogP contribution in [-0.4, -0.2) is 48.4 Å². The average molecular weight is 269 g/mol. The number of hydrogen-bond acceptors (Lipinski definition) is 3. The Kier molecular flexibility index (Phi) is 6.84. The van der Waals surface area contributed by atoms with Gasteiger partial charge in [0.05, 0.1) is 0 Å². The quantitative estimate of drug-likeness (QED) is 0.753. The van der Waals surface area contributed by atoms with E-state index in [0.29, 0.717) is 19.0 Å². The lowest BCUT2D eigenvalue weighted by atomic mass is 10.0. The molecule has 0 aromatic rings. The summed E-state index contributed by atoms with van der Waals surface area (Å²) in [6.07, 6.45) is 3.44. The lowest BCUT2D eigenvalue weighted by molar-refractivity contribution is -0.129. The third kappa shape index (κ3) is 6.05. The first-order valence-electron chi connectivity index (χ1n) is 7.31. The van der Waals surface area contributed by atoms with Crippen LogP contribution in [0.4, 0.5) is 0 Å². The third-order valence-corrected chi connectivity index (χ3v) is 3.75. The van der Waals surface area contributed by atoms with Crippen molar-refractivity contribution in [2.45, 2.75) is 58.5 Å². The van der Waals surface area contributed by atoms with Gasteiger partial charge in [0.2, 0.25) is 11.8 Å². The maximum absolute atomic E-state index is 11.6. The molecular formula is C14H27N3O2. The van der Waals surface area contributed by atoms with Gasteiger partial charge >= 0.3 is 0 Å². The molecule has 1 atom stereocenters. The summed E-state index contributed by atoms with van der Waals surface area (Å²) in [7, 11) is 0. The second-order valence-electron chi connectivity index (χ2n) is 5.36. The Morgan fingerprint density at radius 3 is 2.47 bits per heavy atom. The predicted octanol–water partition coefficient (Wildman–Crippen LogP) is 0.892. The van der Waals surface area contributed by atoms with Gasteiger partial charge in [0.15, 0.2) is 0 Å². The van der Waals surface area contributed by atoms with E-state index in [1.807, 2.05) is 11.8 Å². The van der Waals surface area contributed by atoms with Crippen molar-refractivity contribution in [1.29, 1.82) is 0 Å². The molecule has 0 radical (unpaired) electrons. The monoisotopic (exact) mass is 269 g/mol. The molecule has 0 aromatic carbocycles. The molecule has 110 valence electrons. The second-order valence-corrected chi connectivity index (χ2v) is 5.36. The Labute approximate surface area is 116 Å². The summed E-state index contributed by atoms with van der Waals surface area (Å²) in [6, 6.07) is 0.693. The average Bonchev–Trinajstić information content (AvgIpc) is 2.39. The van der Waals surface area contributed by atoms with E-state index >= 15 is 0 Å². The van der Waals surface area contributed by atoms with Gasteiger partial charge in [-0.2, -0.15) is 0 Å². The van der Waals surface area contributed by atoms with Crippen LogP contribution in [0.1, 0.15) is 46.5 Å². The first-order chi connectivity index (χ1) is 9.02. The molecule has 5 heteroatoms. The van der Waals surface area contributed by atoms with E-state index in [-0.39, 0.29) is 17.9 Å². The minimum atomic E-state index is 0.114. The zero-order valence-corrected chi connectivity index (χ0v) is 12.4. The molecule has 2 amide bonds. The summed E-state index contributed by atoms with van der Waals surface area (Å²) in [6.45, 7) is 8.06. The maximum atomic E-state index is 11.6. The molecule has 5 nitrogen and oxygen atoms in total. The van der Waals surface area contributed by atoms with E-state index in [9.17, 15) is 9.59 Å². The maximum Gasteiger partial charge on any atom is 0.221 e. The number of amides is 2. The molecule has 0 aromatic heterocycles. The molecule has 1 unspecified atom stereocenters. The first-order valence-corrected chi connectivity index (χ1v) is 7.31. The molecule has 1 aliphatic rings. The lowest BCUT2D eigenvalue weighted by Gasteiger charge is -2.31. The Morgan fingerprint density at radius 1 is 1.32 bits per heavy atom. The summed E-state index contributed by atoms with van der Waals surface area (Å²) in [5.74, 6) is 0.273. The smallest absolute Gasteiger partial charge is 0.221 e. The number of nitrogens with one attached hydrogen (secondary N) is 2. The summed E-state index contributed by atoms with van der Waals surface area (Å²) in [5, 5.41) is 6.36. The number of hydrogen-bond donors (Lipinski definition) is 2. The molecule has 19 heavy (non-hydrogen) atoms. The van der Waals surface area contributed by atoms with Crippen LogP contribution in [-0.2, 0) is 9.59 Å². The molecule has 1 aliphatic heterocycles. The zero-order chi connectivity index (χ0) is 14.3. The van der Waals surface area contributed by atoms with Crippen LogP contribution in [0.3, 0.4) is 0 Å². The van der Waals surface area contributed by atoms with Crippen molar-refractivity contribution in [1.82, 2.24) is 15.5 Å². The van der Waals surface area contributed by atoms with Gasteiger partial charge in [-0.15, -0.1) is 0 Å². The fourth-order valence-corrected chi connectivity index (χ4v) is 2.24. The Hall–Kier alpha value is -1.10. The number of piperidine rings is 1. The standard InChI is InChI=1S/C14H27N3O2/c1-4-11(2)16-14(19)5-8-15-13-6-9-17(10-7-13)12(3)18/h11,13,15H,4-10H2,1-3H3,(H,16,19). The molecule has 2 N–H and O–H groups in total. The van der Waals surface area contributed by atoms with E-state index in [2.05, 4.69) is 17.6 Å². The lowest BCUT2D eigenvalue weighted by Crippen LogP contribution is -2.45. The van der Waals surface area contributed by atoms with Gasteiger partial charge in [-0.1, -0.05) is 6.92 Å². The minimum Gasteiger partial charge on any atom is -0.354 e. The van der Waals surface area contributed by atoms with Crippen molar-refractivity contribution >= 4 is 11.8 Å².